The standard InChI is InChI=1S/C12H26N2O2/c1-5-12(6-2,9-15)8-14-10(16)11(3,4)7-13/h15H,5-9,13H2,1-4H3,(H,14,16). The summed E-state index contributed by atoms with van der Waals surface area (Å²) >= 11 is 0. The summed E-state index contributed by atoms with van der Waals surface area (Å²) in [5.41, 5.74) is 4.80. The van der Waals surface area contributed by atoms with E-state index in [0.29, 0.717) is 13.1 Å². The van der Waals surface area contributed by atoms with E-state index in [-0.39, 0.29) is 17.9 Å². The third-order valence-electron chi connectivity index (χ3n) is 3.58. The first-order valence-corrected chi connectivity index (χ1v) is 5.96. The van der Waals surface area contributed by atoms with Gasteiger partial charge < -0.3 is 16.2 Å². The topological polar surface area (TPSA) is 75.3 Å². The molecule has 0 aromatic rings. The molecule has 0 fully saturated rings. The Balaban J connectivity index is 4.38. The molecule has 0 heterocycles. The molecule has 0 aliphatic carbocycles. The Morgan fingerprint density at radius 3 is 2.12 bits per heavy atom. The zero-order valence-electron chi connectivity index (χ0n) is 11.0. The summed E-state index contributed by atoms with van der Waals surface area (Å²) in [6.45, 7) is 8.63. The van der Waals surface area contributed by atoms with Crippen LogP contribution in [0.3, 0.4) is 0 Å². The number of nitrogens with two attached hydrogens (primary N) is 1. The minimum atomic E-state index is -0.539. The van der Waals surface area contributed by atoms with Crippen molar-refractivity contribution in [2.75, 3.05) is 19.7 Å². The van der Waals surface area contributed by atoms with Gasteiger partial charge in [-0.05, 0) is 26.7 Å². The van der Waals surface area contributed by atoms with Crippen molar-refractivity contribution in [2.24, 2.45) is 16.6 Å². The van der Waals surface area contributed by atoms with Crippen LogP contribution in [0.5, 0.6) is 0 Å². The fourth-order valence-electron chi connectivity index (χ4n) is 1.38. The molecule has 0 unspecified atom stereocenters. The lowest BCUT2D eigenvalue weighted by Gasteiger charge is -2.31. The number of carbonyl (C=O) groups is 1. The molecule has 4 heteroatoms. The molecule has 4 N–H and O–H groups in total. The van der Waals surface area contributed by atoms with Crippen molar-refractivity contribution in [3.63, 3.8) is 0 Å². The molecule has 0 saturated carbocycles. The quantitative estimate of drug-likeness (QED) is 0.608. The monoisotopic (exact) mass is 230 g/mol. The number of aliphatic hydroxyl groups excluding tert-OH is 1. The van der Waals surface area contributed by atoms with Gasteiger partial charge in [0.2, 0.25) is 5.91 Å². The largest absolute Gasteiger partial charge is 0.396 e. The minimum absolute atomic E-state index is 0.0466. The Labute approximate surface area is 98.6 Å². The van der Waals surface area contributed by atoms with E-state index in [1.54, 1.807) is 0 Å². The lowest BCUT2D eigenvalue weighted by Crippen LogP contribution is -2.46. The molecule has 0 bridgehead atoms. The average Bonchev–Trinajstić information content (AvgIpc) is 2.31. The first-order valence-electron chi connectivity index (χ1n) is 5.96. The highest BCUT2D eigenvalue weighted by Crippen LogP contribution is 2.25. The number of aliphatic hydroxyl groups is 1. The van der Waals surface area contributed by atoms with E-state index in [1.165, 1.54) is 0 Å². The van der Waals surface area contributed by atoms with Crippen molar-refractivity contribution in [1.29, 1.82) is 0 Å². The zero-order valence-corrected chi connectivity index (χ0v) is 11.0. The number of nitrogens with one attached hydrogen (secondary N) is 1. The molecule has 16 heavy (non-hydrogen) atoms. The zero-order chi connectivity index (χ0) is 12.8. The van der Waals surface area contributed by atoms with Crippen LogP contribution in [0.4, 0.5) is 0 Å². The van der Waals surface area contributed by atoms with Gasteiger partial charge in [-0.25, -0.2) is 0 Å². The predicted octanol–water partition coefficient (Wildman–Crippen LogP) is 0.886. The van der Waals surface area contributed by atoms with Gasteiger partial charge in [-0.3, -0.25) is 4.79 Å². The lowest BCUT2D eigenvalue weighted by atomic mass is 9.82. The van der Waals surface area contributed by atoms with E-state index in [0.717, 1.165) is 12.8 Å². The van der Waals surface area contributed by atoms with Gasteiger partial charge in [-0.15, -0.1) is 0 Å². The Morgan fingerprint density at radius 1 is 1.31 bits per heavy atom. The van der Waals surface area contributed by atoms with Crippen molar-refractivity contribution in [3.05, 3.63) is 0 Å². The van der Waals surface area contributed by atoms with Gasteiger partial charge in [0, 0.05) is 18.5 Å². The molecule has 0 saturated heterocycles. The van der Waals surface area contributed by atoms with E-state index < -0.39 is 5.41 Å². The van der Waals surface area contributed by atoms with Crippen molar-refractivity contribution in [3.8, 4) is 0 Å². The summed E-state index contributed by atoms with van der Waals surface area (Å²) in [6.07, 6.45) is 1.70. The van der Waals surface area contributed by atoms with Crippen LogP contribution in [0.15, 0.2) is 0 Å². The van der Waals surface area contributed by atoms with E-state index in [1.807, 2.05) is 27.7 Å². The van der Waals surface area contributed by atoms with Gasteiger partial charge in [-0.2, -0.15) is 0 Å². The van der Waals surface area contributed by atoms with Crippen LogP contribution in [-0.4, -0.2) is 30.7 Å². The molecule has 0 aromatic heterocycles. The smallest absolute Gasteiger partial charge is 0.226 e. The Bertz CT molecular complexity index is 215. The maximum Gasteiger partial charge on any atom is 0.226 e. The molecule has 0 aromatic carbocycles. The van der Waals surface area contributed by atoms with E-state index in [9.17, 15) is 9.90 Å². The summed E-state index contributed by atoms with van der Waals surface area (Å²) < 4.78 is 0. The van der Waals surface area contributed by atoms with Gasteiger partial charge in [0.1, 0.15) is 0 Å². The second kappa shape index (κ2) is 6.21. The normalized spacial score (nSPS) is 12.6. The highest BCUT2D eigenvalue weighted by Gasteiger charge is 2.30. The molecule has 1 amide bonds. The van der Waals surface area contributed by atoms with Crippen molar-refractivity contribution in [1.82, 2.24) is 5.32 Å². The van der Waals surface area contributed by atoms with E-state index in [4.69, 9.17) is 5.73 Å². The first-order chi connectivity index (χ1) is 7.37. The van der Waals surface area contributed by atoms with Crippen LogP contribution in [-0.2, 0) is 4.79 Å². The highest BCUT2D eigenvalue weighted by molar-refractivity contribution is 5.82. The van der Waals surface area contributed by atoms with Crippen molar-refractivity contribution in [2.45, 2.75) is 40.5 Å². The van der Waals surface area contributed by atoms with Gasteiger partial charge in [0.05, 0.1) is 12.0 Å². The first kappa shape index (κ1) is 15.4. The summed E-state index contributed by atoms with van der Waals surface area (Å²) in [5.74, 6) is -0.0466. The highest BCUT2D eigenvalue weighted by atomic mass is 16.3. The molecule has 0 radical (unpaired) electrons. The summed E-state index contributed by atoms with van der Waals surface area (Å²) in [6, 6.07) is 0. The molecular formula is C12H26N2O2. The lowest BCUT2D eigenvalue weighted by molar-refractivity contribution is -0.129. The number of hydrogen-bond acceptors (Lipinski definition) is 3. The number of amides is 1. The Hall–Kier alpha value is -0.610. The maximum absolute atomic E-state index is 11.8. The molecule has 0 rings (SSSR count). The molecular weight excluding hydrogens is 204 g/mol. The number of rotatable bonds is 7. The van der Waals surface area contributed by atoms with Crippen LogP contribution < -0.4 is 11.1 Å². The van der Waals surface area contributed by atoms with Crippen molar-refractivity contribution < 1.29 is 9.90 Å². The van der Waals surface area contributed by atoms with Crippen molar-refractivity contribution >= 4 is 5.91 Å². The van der Waals surface area contributed by atoms with Crippen LogP contribution >= 0.6 is 0 Å². The summed E-state index contributed by atoms with van der Waals surface area (Å²) in [4.78, 5) is 11.8. The molecule has 0 atom stereocenters. The third-order valence-corrected chi connectivity index (χ3v) is 3.58. The average molecular weight is 230 g/mol. The molecule has 0 spiro atoms. The summed E-state index contributed by atoms with van der Waals surface area (Å²) in [7, 11) is 0. The van der Waals surface area contributed by atoms with Gasteiger partial charge >= 0.3 is 0 Å². The van der Waals surface area contributed by atoms with Crippen LogP contribution in [0, 0.1) is 10.8 Å². The molecule has 96 valence electrons. The maximum atomic E-state index is 11.8. The molecule has 0 aliphatic heterocycles. The van der Waals surface area contributed by atoms with E-state index in [2.05, 4.69) is 5.32 Å². The van der Waals surface area contributed by atoms with Crippen LogP contribution in [0.25, 0.3) is 0 Å². The fourth-order valence-corrected chi connectivity index (χ4v) is 1.38. The SMILES string of the molecule is CCC(CC)(CO)CNC(=O)C(C)(C)CN. The second-order valence-corrected chi connectivity index (χ2v) is 5.14. The Kier molecular flexibility index (Phi) is 5.97. The Morgan fingerprint density at radius 2 is 1.81 bits per heavy atom. The van der Waals surface area contributed by atoms with Gasteiger partial charge in [0.15, 0.2) is 0 Å². The third kappa shape index (κ3) is 3.76. The summed E-state index contributed by atoms with van der Waals surface area (Å²) in [5, 5.41) is 12.3. The van der Waals surface area contributed by atoms with Crippen LogP contribution in [0.1, 0.15) is 40.5 Å². The van der Waals surface area contributed by atoms with Gasteiger partial charge in [-0.1, -0.05) is 13.8 Å². The minimum Gasteiger partial charge on any atom is -0.396 e. The number of hydrogen-bond donors (Lipinski definition) is 3. The fraction of sp³-hybridized carbons (Fsp3) is 0.917. The number of carbonyl (C=O) groups excluding carboxylic acids is 1. The van der Waals surface area contributed by atoms with Crippen LogP contribution in [0.2, 0.25) is 0 Å². The molecule has 4 nitrogen and oxygen atoms in total. The second-order valence-electron chi connectivity index (χ2n) is 5.14. The predicted molar refractivity (Wildman–Crippen MR) is 65.9 cm³/mol. The van der Waals surface area contributed by atoms with Gasteiger partial charge in [0.25, 0.3) is 0 Å². The van der Waals surface area contributed by atoms with E-state index >= 15 is 0 Å². The molecule has 0 aliphatic rings.